The molecule has 70 valence electrons. The van der Waals surface area contributed by atoms with Crippen molar-refractivity contribution in [2.24, 2.45) is 0 Å². The Bertz CT molecular complexity index is 333. The Hall–Kier alpha value is -0.970. The monoisotopic (exact) mass is 200 g/mol. The maximum Gasteiger partial charge on any atom is 0.348 e. The molecule has 1 aromatic rings. The largest absolute Gasteiger partial charge is 0.625 e. The minimum atomic E-state index is -1.04. The highest BCUT2D eigenvalue weighted by atomic mass is 35.5. The number of carbonyl (C=O) groups is 1. The van der Waals surface area contributed by atoms with Crippen LogP contribution in [-0.4, -0.2) is 29.6 Å². The van der Waals surface area contributed by atoms with Crippen LogP contribution in [0.15, 0.2) is 18.3 Å². The van der Waals surface area contributed by atoms with Gasteiger partial charge in [-0.15, -0.1) is 0 Å². The lowest BCUT2D eigenvalue weighted by atomic mass is 10.2. The highest BCUT2D eigenvalue weighted by Gasteiger charge is 2.21. The second kappa shape index (κ2) is 3.41. The van der Waals surface area contributed by atoms with Crippen LogP contribution in [0.4, 0.5) is 0 Å². The van der Waals surface area contributed by atoms with E-state index in [0.717, 1.165) is 0 Å². The number of amides is 1. The topological polar surface area (TPSA) is 53.0 Å². The van der Waals surface area contributed by atoms with Crippen LogP contribution in [0.2, 0.25) is 5.15 Å². The van der Waals surface area contributed by atoms with E-state index in [2.05, 4.69) is 4.98 Å². The minimum absolute atomic E-state index is 0.0644. The average Bonchev–Trinajstić information content (AvgIpc) is 2.02. The lowest BCUT2D eigenvalue weighted by Gasteiger charge is -2.30. The molecule has 1 heterocycles. The van der Waals surface area contributed by atoms with Crippen molar-refractivity contribution in [3.63, 3.8) is 0 Å². The molecular formula is C8H9ClN2O2. The van der Waals surface area contributed by atoms with Crippen LogP contribution in [0.3, 0.4) is 0 Å². The number of aromatic nitrogens is 1. The Labute approximate surface area is 80.9 Å². The quantitative estimate of drug-likeness (QED) is 0.392. The molecule has 0 atom stereocenters. The first kappa shape index (κ1) is 10.1. The molecule has 0 saturated carbocycles. The van der Waals surface area contributed by atoms with Gasteiger partial charge in [-0.2, -0.15) is 0 Å². The Morgan fingerprint density at radius 1 is 1.62 bits per heavy atom. The summed E-state index contributed by atoms with van der Waals surface area (Å²) in [6.07, 6.45) is 1.46. The van der Waals surface area contributed by atoms with Gasteiger partial charge < -0.3 is 5.21 Å². The third-order valence-corrected chi connectivity index (χ3v) is 1.78. The molecule has 0 fully saturated rings. The third kappa shape index (κ3) is 2.24. The predicted molar refractivity (Wildman–Crippen MR) is 49.1 cm³/mol. The zero-order valence-electron chi connectivity index (χ0n) is 7.32. The molecule has 0 saturated heterocycles. The highest BCUT2D eigenvalue weighted by molar-refractivity contribution is 6.32. The van der Waals surface area contributed by atoms with Crippen molar-refractivity contribution in [2.75, 3.05) is 14.1 Å². The van der Waals surface area contributed by atoms with Crippen molar-refractivity contribution in [2.45, 2.75) is 0 Å². The summed E-state index contributed by atoms with van der Waals surface area (Å²) in [5.74, 6) is -0.599. The number of rotatable bonds is 1. The lowest BCUT2D eigenvalue weighted by Crippen LogP contribution is -2.39. The van der Waals surface area contributed by atoms with Crippen LogP contribution in [0.25, 0.3) is 0 Å². The zero-order valence-corrected chi connectivity index (χ0v) is 8.08. The number of hydrogen-bond donors (Lipinski definition) is 0. The van der Waals surface area contributed by atoms with Crippen molar-refractivity contribution < 1.29 is 9.44 Å². The van der Waals surface area contributed by atoms with Gasteiger partial charge in [-0.25, -0.2) is 9.78 Å². The van der Waals surface area contributed by atoms with Gasteiger partial charge in [-0.05, 0) is 12.1 Å². The van der Waals surface area contributed by atoms with Gasteiger partial charge in [0.05, 0.1) is 14.1 Å². The zero-order chi connectivity index (χ0) is 10.1. The van der Waals surface area contributed by atoms with Crippen LogP contribution in [0, 0.1) is 5.21 Å². The molecule has 1 rings (SSSR count). The molecule has 0 aliphatic rings. The SMILES string of the molecule is C[N+](C)([O-])C(=O)c1cccnc1Cl. The number of hydroxylamine groups is 3. The van der Waals surface area contributed by atoms with Gasteiger partial charge in [0.1, 0.15) is 10.7 Å². The van der Waals surface area contributed by atoms with Gasteiger partial charge in [0.15, 0.2) is 0 Å². The summed E-state index contributed by atoms with van der Waals surface area (Å²) in [6.45, 7) is 0. The molecule has 5 heteroatoms. The van der Waals surface area contributed by atoms with Crippen molar-refractivity contribution in [1.29, 1.82) is 0 Å². The van der Waals surface area contributed by atoms with E-state index in [0.29, 0.717) is 0 Å². The fraction of sp³-hybridized carbons (Fsp3) is 0.250. The van der Waals surface area contributed by atoms with Crippen LogP contribution in [-0.2, 0) is 0 Å². The Balaban J connectivity index is 3.10. The molecule has 0 radical (unpaired) electrons. The molecular weight excluding hydrogens is 192 g/mol. The first-order chi connectivity index (χ1) is 5.93. The van der Waals surface area contributed by atoms with E-state index in [4.69, 9.17) is 11.6 Å². The van der Waals surface area contributed by atoms with Crippen LogP contribution in [0.1, 0.15) is 10.4 Å². The van der Waals surface area contributed by atoms with Crippen LogP contribution >= 0.6 is 11.6 Å². The van der Waals surface area contributed by atoms with Gasteiger partial charge in [0.25, 0.3) is 0 Å². The van der Waals surface area contributed by atoms with Gasteiger partial charge in [-0.3, -0.25) is 4.65 Å². The molecule has 1 aromatic heterocycles. The summed E-state index contributed by atoms with van der Waals surface area (Å²) >= 11 is 5.64. The highest BCUT2D eigenvalue weighted by Crippen LogP contribution is 2.15. The maximum atomic E-state index is 11.4. The fourth-order valence-electron chi connectivity index (χ4n) is 0.836. The smallest absolute Gasteiger partial charge is 0.348 e. The number of carbonyl (C=O) groups excluding carboxylic acids is 1. The summed E-state index contributed by atoms with van der Waals surface area (Å²) in [5, 5.41) is 11.3. The van der Waals surface area contributed by atoms with E-state index in [-0.39, 0.29) is 10.7 Å². The second-order valence-corrected chi connectivity index (χ2v) is 3.36. The summed E-state index contributed by atoms with van der Waals surface area (Å²) in [5.41, 5.74) is 0.157. The van der Waals surface area contributed by atoms with E-state index >= 15 is 0 Å². The van der Waals surface area contributed by atoms with Crippen molar-refractivity contribution in [3.05, 3.63) is 34.3 Å². The number of halogens is 1. The molecule has 0 aliphatic heterocycles. The lowest BCUT2D eigenvalue weighted by molar-refractivity contribution is -0.752. The predicted octanol–water partition coefficient (Wildman–Crippen LogP) is 1.45. The molecule has 0 unspecified atom stereocenters. The van der Waals surface area contributed by atoms with E-state index in [1.54, 1.807) is 6.07 Å². The van der Waals surface area contributed by atoms with Crippen LogP contribution in [0.5, 0.6) is 0 Å². The van der Waals surface area contributed by atoms with Crippen LogP contribution < -0.4 is 0 Å². The van der Waals surface area contributed by atoms with Gasteiger partial charge >= 0.3 is 5.91 Å². The average molecular weight is 201 g/mol. The third-order valence-electron chi connectivity index (χ3n) is 1.48. The van der Waals surface area contributed by atoms with E-state index < -0.39 is 10.6 Å². The number of hydrogen-bond acceptors (Lipinski definition) is 3. The Morgan fingerprint density at radius 2 is 2.23 bits per heavy atom. The summed E-state index contributed by atoms with van der Waals surface area (Å²) < 4.78 is -1.04. The molecule has 1 amide bonds. The molecule has 0 spiro atoms. The van der Waals surface area contributed by atoms with Crippen molar-refractivity contribution >= 4 is 17.5 Å². The van der Waals surface area contributed by atoms with Crippen molar-refractivity contribution in [1.82, 2.24) is 4.98 Å². The van der Waals surface area contributed by atoms with E-state index in [9.17, 15) is 10.0 Å². The first-order valence-corrected chi connectivity index (χ1v) is 4.01. The normalized spacial score (nSPS) is 11.4. The standard InChI is InChI=1S/C8H9ClN2O2/c1-11(2,13)8(12)6-4-3-5-10-7(6)9/h3-5H,1-2H3. The van der Waals surface area contributed by atoms with Crippen molar-refractivity contribution in [3.8, 4) is 0 Å². The summed E-state index contributed by atoms with van der Waals surface area (Å²) in [7, 11) is 2.48. The second-order valence-electron chi connectivity index (χ2n) is 3.00. The molecule has 13 heavy (non-hydrogen) atoms. The van der Waals surface area contributed by atoms with E-state index in [1.165, 1.54) is 26.4 Å². The van der Waals surface area contributed by atoms with Gasteiger partial charge in [0, 0.05) is 6.20 Å². The molecule has 0 bridgehead atoms. The number of quaternary nitrogens is 1. The Kier molecular flexibility index (Phi) is 2.66. The minimum Gasteiger partial charge on any atom is -0.625 e. The van der Waals surface area contributed by atoms with Gasteiger partial charge in [-0.1, -0.05) is 11.6 Å². The first-order valence-electron chi connectivity index (χ1n) is 3.63. The van der Waals surface area contributed by atoms with E-state index in [1.807, 2.05) is 0 Å². The van der Waals surface area contributed by atoms with Gasteiger partial charge in [0.2, 0.25) is 0 Å². The summed E-state index contributed by atoms with van der Waals surface area (Å²) in [6, 6.07) is 3.05. The number of nitrogens with zero attached hydrogens (tertiary/aromatic N) is 2. The molecule has 0 N–H and O–H groups in total. The molecule has 4 nitrogen and oxygen atoms in total. The summed E-state index contributed by atoms with van der Waals surface area (Å²) in [4.78, 5) is 15.1. The Morgan fingerprint density at radius 3 is 2.69 bits per heavy atom. The fourth-order valence-corrected chi connectivity index (χ4v) is 1.04. The molecule has 0 aromatic carbocycles. The molecule has 0 aliphatic carbocycles. The maximum absolute atomic E-state index is 11.4. The number of pyridine rings is 1.